The van der Waals surface area contributed by atoms with Gasteiger partial charge in [0.25, 0.3) is 0 Å². The van der Waals surface area contributed by atoms with Gasteiger partial charge < -0.3 is 0 Å². The molecule has 0 atom stereocenters. The quantitative estimate of drug-likeness (QED) is 0.315. The van der Waals surface area contributed by atoms with Crippen LogP contribution in [-0.4, -0.2) is 0 Å². The number of aryl methyl sites for hydroxylation is 1. The van der Waals surface area contributed by atoms with Gasteiger partial charge in [-0.15, -0.1) is 0 Å². The fourth-order valence-corrected chi connectivity index (χ4v) is 5.30. The summed E-state index contributed by atoms with van der Waals surface area (Å²) in [6.07, 6.45) is 21.0. The van der Waals surface area contributed by atoms with Crippen molar-refractivity contribution in [2.45, 2.75) is 116 Å². The molecule has 0 unspecified atom stereocenters. The van der Waals surface area contributed by atoms with Crippen molar-refractivity contribution >= 4 is 10.8 Å². The molecule has 0 aromatic heterocycles. The molecule has 29 heavy (non-hydrogen) atoms. The van der Waals surface area contributed by atoms with E-state index < -0.39 is 0 Å². The lowest BCUT2D eigenvalue weighted by Gasteiger charge is -2.29. The predicted octanol–water partition coefficient (Wildman–Crippen LogP) is 9.60. The SMILES string of the molecule is CCCCCCCC[C@H]1CC[C@H](c2ccc3cc(CCCCC)ccc3c2)CC1. The Morgan fingerprint density at radius 1 is 0.655 bits per heavy atom. The summed E-state index contributed by atoms with van der Waals surface area (Å²) >= 11 is 0. The number of hydrogen-bond donors (Lipinski definition) is 0. The predicted molar refractivity (Wildman–Crippen MR) is 130 cm³/mol. The first-order chi connectivity index (χ1) is 14.3. The molecule has 0 radical (unpaired) electrons. The maximum Gasteiger partial charge on any atom is -0.0162 e. The van der Waals surface area contributed by atoms with Crippen LogP contribution in [-0.2, 0) is 6.42 Å². The third kappa shape index (κ3) is 7.16. The highest BCUT2D eigenvalue weighted by molar-refractivity contribution is 5.84. The summed E-state index contributed by atoms with van der Waals surface area (Å²) in [5, 5.41) is 2.87. The highest BCUT2D eigenvalue weighted by Crippen LogP contribution is 2.38. The van der Waals surface area contributed by atoms with E-state index in [2.05, 4.69) is 50.2 Å². The summed E-state index contributed by atoms with van der Waals surface area (Å²) in [5.74, 6) is 1.80. The zero-order chi connectivity index (χ0) is 20.3. The van der Waals surface area contributed by atoms with Crippen molar-refractivity contribution in [2.24, 2.45) is 5.92 Å². The van der Waals surface area contributed by atoms with Gasteiger partial charge in [-0.1, -0.05) is 108 Å². The Morgan fingerprint density at radius 2 is 1.31 bits per heavy atom. The third-order valence-corrected chi connectivity index (χ3v) is 7.28. The fraction of sp³-hybridized carbons (Fsp3) is 0.655. The van der Waals surface area contributed by atoms with Crippen molar-refractivity contribution in [1.82, 2.24) is 0 Å². The van der Waals surface area contributed by atoms with Crippen LogP contribution in [0.15, 0.2) is 36.4 Å². The Kier molecular flexibility index (Phi) is 9.58. The number of fused-ring (bicyclic) bond motifs is 1. The Morgan fingerprint density at radius 3 is 2.10 bits per heavy atom. The van der Waals surface area contributed by atoms with E-state index in [-0.39, 0.29) is 0 Å². The van der Waals surface area contributed by atoms with E-state index in [0.29, 0.717) is 0 Å². The number of hydrogen-bond acceptors (Lipinski definition) is 0. The maximum absolute atomic E-state index is 2.49. The lowest BCUT2D eigenvalue weighted by atomic mass is 9.76. The monoisotopic (exact) mass is 392 g/mol. The third-order valence-electron chi connectivity index (χ3n) is 7.28. The molecule has 2 aromatic rings. The van der Waals surface area contributed by atoms with Gasteiger partial charge >= 0.3 is 0 Å². The molecule has 0 spiro atoms. The Balaban J connectivity index is 1.45. The van der Waals surface area contributed by atoms with E-state index in [4.69, 9.17) is 0 Å². The van der Waals surface area contributed by atoms with Crippen LogP contribution in [0.4, 0.5) is 0 Å². The Labute approximate surface area is 180 Å². The average Bonchev–Trinajstić information content (AvgIpc) is 2.76. The van der Waals surface area contributed by atoms with Crippen LogP contribution in [0.25, 0.3) is 10.8 Å². The molecule has 0 amide bonds. The van der Waals surface area contributed by atoms with Crippen LogP contribution < -0.4 is 0 Å². The van der Waals surface area contributed by atoms with E-state index in [0.717, 1.165) is 11.8 Å². The lowest BCUT2D eigenvalue weighted by molar-refractivity contribution is 0.302. The van der Waals surface area contributed by atoms with Gasteiger partial charge in [0.2, 0.25) is 0 Å². The topological polar surface area (TPSA) is 0 Å². The second-order valence-electron chi connectivity index (χ2n) is 9.67. The van der Waals surface area contributed by atoms with Gasteiger partial charge in [0.15, 0.2) is 0 Å². The van der Waals surface area contributed by atoms with Crippen molar-refractivity contribution < 1.29 is 0 Å². The first-order valence-electron chi connectivity index (χ1n) is 12.8. The summed E-state index contributed by atoms with van der Waals surface area (Å²) in [6, 6.07) is 14.5. The zero-order valence-electron chi connectivity index (χ0n) is 19.2. The molecular weight excluding hydrogens is 348 g/mol. The number of rotatable bonds is 12. The number of unbranched alkanes of at least 4 members (excludes halogenated alkanes) is 7. The molecule has 1 saturated carbocycles. The van der Waals surface area contributed by atoms with E-state index >= 15 is 0 Å². The van der Waals surface area contributed by atoms with Gasteiger partial charge in [-0.05, 0) is 72.3 Å². The summed E-state index contributed by atoms with van der Waals surface area (Å²) in [4.78, 5) is 0. The van der Waals surface area contributed by atoms with Crippen LogP contribution in [0.5, 0.6) is 0 Å². The van der Waals surface area contributed by atoms with E-state index in [1.807, 2.05) is 0 Å². The minimum Gasteiger partial charge on any atom is -0.0654 e. The molecule has 0 nitrogen and oxygen atoms in total. The van der Waals surface area contributed by atoms with Crippen LogP contribution >= 0.6 is 0 Å². The van der Waals surface area contributed by atoms with Crippen LogP contribution in [0.1, 0.15) is 121 Å². The van der Waals surface area contributed by atoms with Gasteiger partial charge in [0.1, 0.15) is 0 Å². The normalized spacial score (nSPS) is 19.7. The molecule has 1 aliphatic rings. The highest BCUT2D eigenvalue weighted by Gasteiger charge is 2.22. The summed E-state index contributed by atoms with van der Waals surface area (Å²) in [6.45, 7) is 4.59. The Bertz CT molecular complexity index is 705. The maximum atomic E-state index is 2.49. The first kappa shape index (κ1) is 22.4. The largest absolute Gasteiger partial charge is 0.0654 e. The molecule has 0 aliphatic heterocycles. The van der Waals surface area contributed by atoms with Crippen molar-refractivity contribution in [1.29, 1.82) is 0 Å². The molecule has 3 rings (SSSR count). The molecule has 0 heteroatoms. The molecule has 0 heterocycles. The van der Waals surface area contributed by atoms with Gasteiger partial charge in [0.05, 0.1) is 0 Å². The minimum atomic E-state index is 0.796. The molecule has 160 valence electrons. The van der Waals surface area contributed by atoms with Crippen molar-refractivity contribution in [3.63, 3.8) is 0 Å². The standard InChI is InChI=1S/C29H44/c1-3-5-7-8-9-11-12-24-14-17-26(18-15-24)28-21-20-27-22-25(13-10-6-4-2)16-19-29(27)23-28/h16,19-24,26H,3-15,17-18H2,1-2H3/t24-,26-. The molecule has 0 bridgehead atoms. The second-order valence-corrected chi connectivity index (χ2v) is 9.67. The van der Waals surface area contributed by atoms with Crippen molar-refractivity contribution in [3.05, 3.63) is 47.5 Å². The van der Waals surface area contributed by atoms with Crippen molar-refractivity contribution in [2.75, 3.05) is 0 Å². The van der Waals surface area contributed by atoms with Crippen molar-refractivity contribution in [3.8, 4) is 0 Å². The number of benzene rings is 2. The second kappa shape index (κ2) is 12.4. The molecule has 1 fully saturated rings. The lowest BCUT2D eigenvalue weighted by Crippen LogP contribution is -2.13. The van der Waals surface area contributed by atoms with Gasteiger partial charge in [-0.3, -0.25) is 0 Å². The average molecular weight is 393 g/mol. The van der Waals surface area contributed by atoms with Gasteiger partial charge in [-0.2, -0.15) is 0 Å². The summed E-state index contributed by atoms with van der Waals surface area (Å²) in [5.41, 5.74) is 3.10. The molecule has 0 saturated heterocycles. The first-order valence-corrected chi connectivity index (χ1v) is 12.8. The van der Waals surface area contributed by atoms with Gasteiger partial charge in [-0.25, -0.2) is 0 Å². The van der Waals surface area contributed by atoms with E-state index in [9.17, 15) is 0 Å². The summed E-state index contributed by atoms with van der Waals surface area (Å²) < 4.78 is 0. The fourth-order valence-electron chi connectivity index (χ4n) is 5.30. The zero-order valence-corrected chi connectivity index (χ0v) is 19.2. The molecule has 0 N–H and O–H groups in total. The van der Waals surface area contributed by atoms with Gasteiger partial charge in [0, 0.05) is 0 Å². The Hall–Kier alpha value is -1.30. The minimum absolute atomic E-state index is 0.796. The van der Waals surface area contributed by atoms with E-state index in [1.54, 1.807) is 5.56 Å². The molecule has 2 aromatic carbocycles. The molecular formula is C29H44. The molecule has 1 aliphatic carbocycles. The van der Waals surface area contributed by atoms with Crippen LogP contribution in [0.2, 0.25) is 0 Å². The van der Waals surface area contributed by atoms with Crippen LogP contribution in [0.3, 0.4) is 0 Å². The smallest absolute Gasteiger partial charge is 0.0162 e. The van der Waals surface area contributed by atoms with Crippen LogP contribution in [0, 0.1) is 5.92 Å². The highest BCUT2D eigenvalue weighted by atomic mass is 14.3. The summed E-state index contributed by atoms with van der Waals surface area (Å²) in [7, 11) is 0. The van der Waals surface area contributed by atoms with E-state index in [1.165, 1.54) is 113 Å².